The highest BCUT2D eigenvalue weighted by molar-refractivity contribution is 5.85. The molecule has 3 rings (SSSR count). The highest BCUT2D eigenvalue weighted by atomic mass is 35.5. The van der Waals surface area contributed by atoms with Crippen LogP contribution in [-0.2, 0) is 6.42 Å². The Morgan fingerprint density at radius 2 is 1.37 bits per heavy atom. The summed E-state index contributed by atoms with van der Waals surface area (Å²) in [7, 11) is 0. The van der Waals surface area contributed by atoms with Gasteiger partial charge in [0.05, 0.1) is 0 Å². The molecule has 1 fully saturated rings. The number of hydrogen-bond acceptors (Lipinski definition) is 4. The quantitative estimate of drug-likeness (QED) is 0.747. The molecule has 150 valence electrons. The SMILES string of the molecule is Cl.Cl.Oc1ccc(CCN2CCN(CCOc3ccc(F)cc3)CC2)cc1. The number of ether oxygens (including phenoxy) is 1. The lowest BCUT2D eigenvalue weighted by Crippen LogP contribution is -2.47. The van der Waals surface area contributed by atoms with Gasteiger partial charge in [-0.1, -0.05) is 12.1 Å². The van der Waals surface area contributed by atoms with Crippen LogP contribution < -0.4 is 4.74 Å². The first-order valence-electron chi connectivity index (χ1n) is 8.80. The summed E-state index contributed by atoms with van der Waals surface area (Å²) in [5.41, 5.74) is 1.26. The number of nitrogens with zero attached hydrogens (tertiary/aromatic N) is 2. The summed E-state index contributed by atoms with van der Waals surface area (Å²) in [5.74, 6) is 0.796. The van der Waals surface area contributed by atoms with Gasteiger partial charge in [0.15, 0.2) is 0 Å². The predicted octanol–water partition coefficient (Wildman–Crippen LogP) is 3.61. The Hall–Kier alpha value is -1.53. The summed E-state index contributed by atoms with van der Waals surface area (Å²) in [6.07, 6.45) is 1.01. The monoisotopic (exact) mass is 416 g/mol. The molecule has 0 saturated carbocycles. The maximum atomic E-state index is 12.8. The number of phenolic OH excluding ortho intramolecular Hbond substituents is 1. The molecule has 1 saturated heterocycles. The fourth-order valence-electron chi connectivity index (χ4n) is 3.01. The van der Waals surface area contributed by atoms with Crippen LogP contribution in [0.25, 0.3) is 0 Å². The predicted molar refractivity (Wildman–Crippen MR) is 111 cm³/mol. The lowest BCUT2D eigenvalue weighted by Gasteiger charge is -2.34. The zero-order valence-electron chi connectivity index (χ0n) is 15.2. The third kappa shape index (κ3) is 7.93. The van der Waals surface area contributed by atoms with Crippen molar-refractivity contribution in [2.24, 2.45) is 0 Å². The molecular weight excluding hydrogens is 390 g/mol. The van der Waals surface area contributed by atoms with Crippen LogP contribution in [0.5, 0.6) is 11.5 Å². The molecule has 0 atom stereocenters. The average molecular weight is 417 g/mol. The van der Waals surface area contributed by atoms with Crippen LogP contribution in [0, 0.1) is 5.82 Å². The minimum atomic E-state index is -0.240. The zero-order valence-corrected chi connectivity index (χ0v) is 16.9. The molecule has 1 aliphatic heterocycles. The summed E-state index contributed by atoms with van der Waals surface area (Å²) >= 11 is 0. The Bertz CT molecular complexity index is 648. The molecule has 2 aromatic rings. The van der Waals surface area contributed by atoms with Gasteiger partial charge in [-0.25, -0.2) is 4.39 Å². The van der Waals surface area contributed by atoms with E-state index >= 15 is 0 Å². The second-order valence-electron chi connectivity index (χ2n) is 6.40. The molecular formula is C20H27Cl2FN2O2. The van der Waals surface area contributed by atoms with E-state index in [0.29, 0.717) is 18.1 Å². The number of benzene rings is 2. The maximum Gasteiger partial charge on any atom is 0.123 e. The van der Waals surface area contributed by atoms with E-state index in [0.717, 1.165) is 45.7 Å². The Balaban J connectivity index is 0.00000182. The highest BCUT2D eigenvalue weighted by Gasteiger charge is 2.16. The van der Waals surface area contributed by atoms with Crippen LogP contribution in [0.2, 0.25) is 0 Å². The van der Waals surface area contributed by atoms with Crippen LogP contribution in [0.3, 0.4) is 0 Å². The molecule has 0 unspecified atom stereocenters. The third-order valence-corrected chi connectivity index (χ3v) is 4.61. The summed E-state index contributed by atoms with van der Waals surface area (Å²) in [4.78, 5) is 4.88. The van der Waals surface area contributed by atoms with Gasteiger partial charge in [0.1, 0.15) is 23.9 Å². The van der Waals surface area contributed by atoms with E-state index in [4.69, 9.17) is 4.74 Å². The number of piperazine rings is 1. The molecule has 4 nitrogen and oxygen atoms in total. The fraction of sp³-hybridized carbons (Fsp3) is 0.400. The first-order valence-corrected chi connectivity index (χ1v) is 8.80. The molecule has 7 heteroatoms. The topological polar surface area (TPSA) is 35.9 Å². The fourth-order valence-corrected chi connectivity index (χ4v) is 3.01. The number of aromatic hydroxyl groups is 1. The largest absolute Gasteiger partial charge is 0.508 e. The summed E-state index contributed by atoms with van der Waals surface area (Å²) in [5, 5.41) is 9.32. The first kappa shape index (κ1) is 23.5. The van der Waals surface area contributed by atoms with Gasteiger partial charge in [-0.3, -0.25) is 4.90 Å². The van der Waals surface area contributed by atoms with Crippen LogP contribution in [0.1, 0.15) is 5.56 Å². The number of phenols is 1. The van der Waals surface area contributed by atoms with E-state index in [-0.39, 0.29) is 30.6 Å². The van der Waals surface area contributed by atoms with Crippen LogP contribution in [0.15, 0.2) is 48.5 Å². The van der Waals surface area contributed by atoms with Gasteiger partial charge in [-0.05, 0) is 48.4 Å². The second kappa shape index (κ2) is 12.0. The van der Waals surface area contributed by atoms with E-state index < -0.39 is 0 Å². The van der Waals surface area contributed by atoms with Crippen molar-refractivity contribution in [3.05, 3.63) is 59.9 Å². The van der Waals surface area contributed by atoms with Crippen molar-refractivity contribution in [2.75, 3.05) is 45.9 Å². The highest BCUT2D eigenvalue weighted by Crippen LogP contribution is 2.12. The smallest absolute Gasteiger partial charge is 0.123 e. The second-order valence-corrected chi connectivity index (χ2v) is 6.40. The van der Waals surface area contributed by atoms with E-state index in [1.807, 2.05) is 12.1 Å². The Morgan fingerprint density at radius 1 is 0.815 bits per heavy atom. The lowest BCUT2D eigenvalue weighted by molar-refractivity contribution is 0.118. The minimum absolute atomic E-state index is 0. The minimum Gasteiger partial charge on any atom is -0.508 e. The van der Waals surface area contributed by atoms with E-state index in [1.165, 1.54) is 17.7 Å². The van der Waals surface area contributed by atoms with E-state index in [1.54, 1.807) is 24.3 Å². The van der Waals surface area contributed by atoms with E-state index in [9.17, 15) is 9.50 Å². The van der Waals surface area contributed by atoms with Crippen molar-refractivity contribution in [2.45, 2.75) is 6.42 Å². The van der Waals surface area contributed by atoms with Gasteiger partial charge >= 0.3 is 0 Å². The molecule has 0 aromatic heterocycles. The Labute approximate surface area is 172 Å². The normalized spacial score (nSPS) is 14.9. The lowest BCUT2D eigenvalue weighted by atomic mass is 10.1. The molecule has 0 spiro atoms. The van der Waals surface area contributed by atoms with Crippen molar-refractivity contribution >= 4 is 24.8 Å². The van der Waals surface area contributed by atoms with Gasteiger partial charge in [-0.2, -0.15) is 0 Å². The van der Waals surface area contributed by atoms with Crippen molar-refractivity contribution in [3.63, 3.8) is 0 Å². The van der Waals surface area contributed by atoms with Gasteiger partial charge < -0.3 is 14.7 Å². The molecule has 2 aromatic carbocycles. The maximum absolute atomic E-state index is 12.8. The Kier molecular flexibility index (Phi) is 10.5. The number of rotatable bonds is 7. The van der Waals surface area contributed by atoms with Crippen molar-refractivity contribution in [1.82, 2.24) is 9.80 Å². The summed E-state index contributed by atoms with van der Waals surface area (Å²) < 4.78 is 18.5. The molecule has 27 heavy (non-hydrogen) atoms. The number of hydrogen-bond donors (Lipinski definition) is 1. The van der Waals surface area contributed by atoms with E-state index in [2.05, 4.69) is 9.80 Å². The van der Waals surface area contributed by atoms with Gasteiger partial charge in [0.25, 0.3) is 0 Å². The van der Waals surface area contributed by atoms with Crippen molar-refractivity contribution < 1.29 is 14.2 Å². The van der Waals surface area contributed by atoms with Crippen molar-refractivity contribution in [1.29, 1.82) is 0 Å². The zero-order chi connectivity index (χ0) is 17.5. The first-order chi connectivity index (χ1) is 12.2. The van der Waals surface area contributed by atoms with Crippen molar-refractivity contribution in [3.8, 4) is 11.5 Å². The van der Waals surface area contributed by atoms with Crippen LogP contribution >= 0.6 is 24.8 Å². The van der Waals surface area contributed by atoms with Crippen LogP contribution in [-0.4, -0.2) is 60.8 Å². The molecule has 1 N–H and O–H groups in total. The standard InChI is InChI=1S/C20H25FN2O2.2ClH/c21-18-3-7-20(8-4-18)25-16-15-23-13-11-22(12-14-23)10-9-17-1-5-19(24)6-2-17;;/h1-8,24H,9-16H2;2*1H. The molecule has 0 amide bonds. The number of halogens is 3. The molecule has 0 bridgehead atoms. The average Bonchev–Trinajstić information content (AvgIpc) is 2.64. The van der Waals surface area contributed by atoms with Gasteiger partial charge in [-0.15, -0.1) is 24.8 Å². The van der Waals surface area contributed by atoms with Gasteiger partial charge in [0.2, 0.25) is 0 Å². The molecule has 1 heterocycles. The van der Waals surface area contributed by atoms with Crippen LogP contribution in [0.4, 0.5) is 4.39 Å². The molecule has 0 aliphatic carbocycles. The Morgan fingerprint density at radius 3 is 1.96 bits per heavy atom. The van der Waals surface area contributed by atoms with Gasteiger partial charge in [0, 0.05) is 39.3 Å². The third-order valence-electron chi connectivity index (χ3n) is 4.61. The summed E-state index contributed by atoms with van der Waals surface area (Å²) in [6.45, 7) is 6.78. The molecule has 1 aliphatic rings. The molecule has 0 radical (unpaired) electrons. The summed E-state index contributed by atoms with van der Waals surface area (Å²) in [6, 6.07) is 13.6.